The van der Waals surface area contributed by atoms with Crippen molar-refractivity contribution in [3.63, 3.8) is 0 Å². The summed E-state index contributed by atoms with van der Waals surface area (Å²) in [6, 6.07) is 4.98. The maximum absolute atomic E-state index is 13.2. The molecule has 0 spiro atoms. The van der Waals surface area contributed by atoms with Crippen molar-refractivity contribution < 1.29 is 9.18 Å². The first-order valence-electron chi connectivity index (χ1n) is 6.97. The van der Waals surface area contributed by atoms with Crippen LogP contribution in [-0.2, 0) is 4.79 Å². The summed E-state index contributed by atoms with van der Waals surface area (Å²) in [7, 11) is 0. The van der Waals surface area contributed by atoms with Gasteiger partial charge in [-0.25, -0.2) is 4.39 Å². The van der Waals surface area contributed by atoms with Crippen LogP contribution in [0.2, 0.25) is 0 Å². The number of likely N-dealkylation sites (tertiary alicyclic amines) is 1. The van der Waals surface area contributed by atoms with Gasteiger partial charge in [0.15, 0.2) is 0 Å². The van der Waals surface area contributed by atoms with E-state index < -0.39 is 0 Å². The van der Waals surface area contributed by atoms with Crippen LogP contribution >= 0.6 is 11.8 Å². The van der Waals surface area contributed by atoms with Crippen molar-refractivity contribution in [1.29, 1.82) is 0 Å². The van der Waals surface area contributed by atoms with Gasteiger partial charge in [-0.1, -0.05) is 0 Å². The van der Waals surface area contributed by atoms with Gasteiger partial charge in [0.25, 0.3) is 0 Å². The first-order chi connectivity index (χ1) is 9.47. The number of nitrogens with two attached hydrogens (primary N) is 1. The highest BCUT2D eigenvalue weighted by atomic mass is 32.2. The number of carbonyl (C=O) groups is 1. The molecule has 3 nitrogen and oxygen atoms in total. The molecule has 0 aromatic heterocycles. The number of nitrogens with zero attached hydrogens (tertiary/aromatic N) is 1. The van der Waals surface area contributed by atoms with E-state index in [2.05, 4.69) is 13.8 Å². The Hall–Kier alpha value is -1.23. The molecule has 0 aliphatic carbocycles. The van der Waals surface area contributed by atoms with Crippen LogP contribution in [0.1, 0.15) is 33.1 Å². The fourth-order valence-corrected chi connectivity index (χ4v) is 3.65. The van der Waals surface area contributed by atoms with Crippen LogP contribution in [0.25, 0.3) is 0 Å². The van der Waals surface area contributed by atoms with E-state index >= 15 is 0 Å². The molecule has 1 aromatic carbocycles. The van der Waals surface area contributed by atoms with Crippen molar-refractivity contribution in [3.05, 3.63) is 24.0 Å². The van der Waals surface area contributed by atoms with Crippen LogP contribution in [0.15, 0.2) is 23.1 Å². The predicted molar refractivity (Wildman–Crippen MR) is 81.2 cm³/mol. The molecular formula is C15H21FN2OS. The van der Waals surface area contributed by atoms with E-state index in [1.807, 2.05) is 4.90 Å². The third-order valence-electron chi connectivity index (χ3n) is 3.74. The summed E-state index contributed by atoms with van der Waals surface area (Å²) in [5.74, 6) is 0.0922. The van der Waals surface area contributed by atoms with Crippen molar-refractivity contribution in [1.82, 2.24) is 4.90 Å². The smallest absolute Gasteiger partial charge is 0.233 e. The van der Waals surface area contributed by atoms with E-state index in [1.54, 1.807) is 6.07 Å². The van der Waals surface area contributed by atoms with Gasteiger partial charge in [-0.15, -0.1) is 11.8 Å². The number of benzene rings is 1. The number of halogens is 1. The molecule has 20 heavy (non-hydrogen) atoms. The maximum Gasteiger partial charge on any atom is 0.233 e. The zero-order valence-corrected chi connectivity index (χ0v) is 12.8. The Morgan fingerprint density at radius 3 is 2.60 bits per heavy atom. The normalized spacial score (nSPS) is 22.9. The molecule has 1 fully saturated rings. The fourth-order valence-electron chi connectivity index (χ4n) is 2.80. The molecule has 1 heterocycles. The molecule has 0 bridgehead atoms. The van der Waals surface area contributed by atoms with Crippen molar-refractivity contribution in [2.75, 3.05) is 11.5 Å². The lowest BCUT2D eigenvalue weighted by atomic mass is 9.98. The average Bonchev–Trinajstić information content (AvgIpc) is 2.35. The Balaban J connectivity index is 1.97. The summed E-state index contributed by atoms with van der Waals surface area (Å²) >= 11 is 1.34. The van der Waals surface area contributed by atoms with Gasteiger partial charge in [0, 0.05) is 22.7 Å². The van der Waals surface area contributed by atoms with Gasteiger partial charge in [0.05, 0.1) is 5.75 Å². The maximum atomic E-state index is 13.2. The van der Waals surface area contributed by atoms with Crippen LogP contribution in [0.3, 0.4) is 0 Å². The molecule has 2 atom stereocenters. The first-order valence-corrected chi connectivity index (χ1v) is 7.96. The number of nitrogen functional groups attached to an aromatic ring is 1. The summed E-state index contributed by atoms with van der Waals surface area (Å²) in [6.45, 7) is 4.19. The van der Waals surface area contributed by atoms with Crippen molar-refractivity contribution in [2.45, 2.75) is 50.1 Å². The molecule has 110 valence electrons. The third-order valence-corrected chi connectivity index (χ3v) is 4.70. The second-order valence-electron chi connectivity index (χ2n) is 5.44. The summed E-state index contributed by atoms with van der Waals surface area (Å²) in [5.41, 5.74) is 5.99. The molecule has 0 radical (unpaired) electrons. The zero-order valence-electron chi connectivity index (χ0n) is 11.9. The van der Waals surface area contributed by atoms with Gasteiger partial charge in [-0.05, 0) is 51.3 Å². The highest BCUT2D eigenvalue weighted by Gasteiger charge is 2.28. The lowest BCUT2D eigenvalue weighted by molar-refractivity contribution is -0.134. The molecule has 2 rings (SSSR count). The van der Waals surface area contributed by atoms with E-state index in [0.717, 1.165) is 12.8 Å². The van der Waals surface area contributed by atoms with Gasteiger partial charge in [-0.3, -0.25) is 4.79 Å². The van der Waals surface area contributed by atoms with Crippen LogP contribution in [0.4, 0.5) is 10.1 Å². The van der Waals surface area contributed by atoms with Gasteiger partial charge < -0.3 is 10.6 Å². The van der Waals surface area contributed by atoms with Gasteiger partial charge in [-0.2, -0.15) is 0 Å². The first kappa shape index (κ1) is 15.2. The molecule has 2 N–H and O–H groups in total. The van der Waals surface area contributed by atoms with Crippen LogP contribution in [0.5, 0.6) is 0 Å². The number of hydrogen-bond acceptors (Lipinski definition) is 3. The largest absolute Gasteiger partial charge is 0.399 e. The number of piperidine rings is 1. The van der Waals surface area contributed by atoms with Crippen LogP contribution in [-0.4, -0.2) is 28.6 Å². The summed E-state index contributed by atoms with van der Waals surface area (Å²) in [4.78, 5) is 15.0. The van der Waals surface area contributed by atoms with Crippen LogP contribution in [0, 0.1) is 5.82 Å². The van der Waals surface area contributed by atoms with E-state index in [4.69, 9.17) is 5.73 Å². The standard InChI is InChI=1S/C15H21FN2OS/c1-10-4-3-5-11(2)18(10)15(19)9-20-14-7-12(16)6-13(17)8-14/h6-8,10-11H,3-5,9,17H2,1-2H3. The molecule has 1 amide bonds. The number of carbonyl (C=O) groups excluding carboxylic acids is 1. The summed E-state index contributed by atoms with van der Waals surface area (Å²) in [5, 5.41) is 0. The SMILES string of the molecule is CC1CCCC(C)N1C(=O)CSc1cc(N)cc(F)c1. The lowest BCUT2D eigenvalue weighted by Crippen LogP contribution is -2.48. The van der Waals surface area contributed by atoms with Crippen molar-refractivity contribution in [2.24, 2.45) is 0 Å². The quantitative estimate of drug-likeness (QED) is 0.687. The molecule has 2 unspecified atom stereocenters. The molecule has 1 saturated heterocycles. The number of rotatable bonds is 3. The highest BCUT2D eigenvalue weighted by molar-refractivity contribution is 8.00. The Bertz CT molecular complexity index is 465. The minimum atomic E-state index is -0.361. The van der Waals surface area contributed by atoms with Gasteiger partial charge in [0.1, 0.15) is 5.82 Å². The monoisotopic (exact) mass is 296 g/mol. The highest BCUT2D eigenvalue weighted by Crippen LogP contribution is 2.26. The summed E-state index contributed by atoms with van der Waals surface area (Å²) in [6.07, 6.45) is 3.31. The third kappa shape index (κ3) is 3.66. The van der Waals surface area contributed by atoms with Crippen molar-refractivity contribution >= 4 is 23.4 Å². The molecular weight excluding hydrogens is 275 g/mol. The van der Waals surface area contributed by atoms with Gasteiger partial charge >= 0.3 is 0 Å². The topological polar surface area (TPSA) is 46.3 Å². The molecule has 5 heteroatoms. The van der Waals surface area contributed by atoms with E-state index in [9.17, 15) is 9.18 Å². The average molecular weight is 296 g/mol. The Morgan fingerprint density at radius 1 is 1.35 bits per heavy atom. The van der Waals surface area contributed by atoms with E-state index in [-0.39, 0.29) is 11.7 Å². The number of amides is 1. The lowest BCUT2D eigenvalue weighted by Gasteiger charge is -2.39. The number of anilines is 1. The molecule has 1 aliphatic heterocycles. The Morgan fingerprint density at radius 2 is 2.00 bits per heavy atom. The minimum absolute atomic E-state index is 0.123. The molecule has 1 aromatic rings. The molecule has 1 aliphatic rings. The van der Waals surface area contributed by atoms with E-state index in [1.165, 1.54) is 30.3 Å². The number of hydrogen-bond donors (Lipinski definition) is 1. The fraction of sp³-hybridized carbons (Fsp3) is 0.533. The Kier molecular flexibility index (Phi) is 4.91. The van der Waals surface area contributed by atoms with Crippen molar-refractivity contribution in [3.8, 4) is 0 Å². The zero-order chi connectivity index (χ0) is 14.7. The predicted octanol–water partition coefficient (Wildman–Crippen LogP) is 3.29. The second kappa shape index (κ2) is 6.48. The van der Waals surface area contributed by atoms with E-state index in [0.29, 0.717) is 28.4 Å². The van der Waals surface area contributed by atoms with Crippen LogP contribution < -0.4 is 5.73 Å². The molecule has 0 saturated carbocycles. The second-order valence-corrected chi connectivity index (χ2v) is 6.49. The Labute approximate surface area is 123 Å². The minimum Gasteiger partial charge on any atom is -0.399 e. The summed E-state index contributed by atoms with van der Waals surface area (Å²) < 4.78 is 13.2. The van der Waals surface area contributed by atoms with Gasteiger partial charge in [0.2, 0.25) is 5.91 Å². The number of thioether (sulfide) groups is 1.